The number of nitrogens with two attached hydrogens (primary N) is 1. The van der Waals surface area contributed by atoms with Crippen LogP contribution in [-0.2, 0) is 6.42 Å². The van der Waals surface area contributed by atoms with Crippen molar-refractivity contribution >= 4 is 5.69 Å². The number of hydrogen-bond acceptors (Lipinski definition) is 4. The molecule has 0 fully saturated rings. The van der Waals surface area contributed by atoms with Crippen LogP contribution in [0.5, 0.6) is 0 Å². The number of nitro groups is 1. The Bertz CT molecular complexity index is 424. The van der Waals surface area contributed by atoms with Gasteiger partial charge in [0.15, 0.2) is 0 Å². The molecule has 0 bridgehead atoms. The van der Waals surface area contributed by atoms with Gasteiger partial charge in [-0.15, -0.1) is 0 Å². The quantitative estimate of drug-likeness (QED) is 0.645. The van der Waals surface area contributed by atoms with E-state index >= 15 is 0 Å². The second kappa shape index (κ2) is 4.79. The van der Waals surface area contributed by atoms with Crippen molar-refractivity contribution in [2.45, 2.75) is 40.2 Å². The fraction of sp³-hybridized carbons (Fsp3) is 0.583. The first-order chi connectivity index (χ1) is 7.71. The summed E-state index contributed by atoms with van der Waals surface area (Å²) in [7, 11) is 0. The molecule has 5 heteroatoms. The second-order valence-corrected chi connectivity index (χ2v) is 5.40. The molecule has 0 aromatic carbocycles. The Balaban J connectivity index is 2.94. The zero-order chi connectivity index (χ0) is 13.2. The lowest BCUT2D eigenvalue weighted by Crippen LogP contribution is -2.37. The average Bonchev–Trinajstić information content (AvgIpc) is 2.19. The van der Waals surface area contributed by atoms with Crippen LogP contribution in [0.3, 0.4) is 0 Å². The third-order valence-corrected chi connectivity index (χ3v) is 2.87. The first-order valence-electron chi connectivity index (χ1n) is 5.57. The normalized spacial score (nSPS) is 13.5. The molecular formula is C12H19N3O2. The Morgan fingerprint density at radius 1 is 1.53 bits per heavy atom. The van der Waals surface area contributed by atoms with Crippen molar-refractivity contribution in [3.05, 3.63) is 33.6 Å². The Kier molecular flexibility index (Phi) is 3.83. The third kappa shape index (κ3) is 3.49. The van der Waals surface area contributed by atoms with Crippen molar-refractivity contribution in [3.63, 3.8) is 0 Å². The standard InChI is InChI=1S/C12H19N3O2/c1-8-7-14-9(5-10(8)15(16)17)6-11(13)12(2,3)4/h5,7,11H,6,13H2,1-4H3. The summed E-state index contributed by atoms with van der Waals surface area (Å²) in [6.07, 6.45) is 2.08. The molecular weight excluding hydrogens is 218 g/mol. The summed E-state index contributed by atoms with van der Waals surface area (Å²) in [4.78, 5) is 14.6. The fourth-order valence-electron chi connectivity index (χ4n) is 1.39. The number of aryl methyl sites for hydroxylation is 1. The maximum absolute atomic E-state index is 10.8. The Labute approximate surface area is 101 Å². The van der Waals surface area contributed by atoms with Gasteiger partial charge in [0.2, 0.25) is 0 Å². The van der Waals surface area contributed by atoms with E-state index in [1.807, 2.05) is 20.8 Å². The Morgan fingerprint density at radius 2 is 2.12 bits per heavy atom. The van der Waals surface area contributed by atoms with E-state index in [2.05, 4.69) is 4.98 Å². The topological polar surface area (TPSA) is 82.0 Å². The van der Waals surface area contributed by atoms with E-state index < -0.39 is 0 Å². The van der Waals surface area contributed by atoms with E-state index in [1.165, 1.54) is 12.3 Å². The van der Waals surface area contributed by atoms with E-state index in [4.69, 9.17) is 5.73 Å². The van der Waals surface area contributed by atoms with Crippen LogP contribution in [0.1, 0.15) is 32.0 Å². The average molecular weight is 237 g/mol. The highest BCUT2D eigenvalue weighted by Crippen LogP contribution is 2.22. The van der Waals surface area contributed by atoms with Gasteiger partial charge in [0, 0.05) is 36.0 Å². The molecule has 94 valence electrons. The first kappa shape index (κ1) is 13.6. The summed E-state index contributed by atoms with van der Waals surface area (Å²) < 4.78 is 0. The lowest BCUT2D eigenvalue weighted by molar-refractivity contribution is -0.385. The smallest absolute Gasteiger partial charge is 0.275 e. The molecule has 1 unspecified atom stereocenters. The van der Waals surface area contributed by atoms with E-state index in [-0.39, 0.29) is 22.1 Å². The number of aromatic nitrogens is 1. The third-order valence-electron chi connectivity index (χ3n) is 2.87. The SMILES string of the molecule is Cc1cnc(CC(N)C(C)(C)C)cc1[N+](=O)[O-]. The molecule has 1 rings (SSSR count). The maximum atomic E-state index is 10.8. The zero-order valence-electron chi connectivity index (χ0n) is 10.7. The van der Waals surface area contributed by atoms with Crippen LogP contribution in [0.15, 0.2) is 12.3 Å². The Morgan fingerprint density at radius 3 is 2.59 bits per heavy atom. The van der Waals surface area contributed by atoms with Crippen LogP contribution < -0.4 is 5.73 Å². The molecule has 0 radical (unpaired) electrons. The molecule has 0 amide bonds. The molecule has 1 aromatic rings. The highest BCUT2D eigenvalue weighted by Gasteiger charge is 2.22. The molecule has 0 spiro atoms. The molecule has 1 heterocycles. The molecule has 2 N–H and O–H groups in total. The minimum Gasteiger partial charge on any atom is -0.327 e. The van der Waals surface area contributed by atoms with Crippen LogP contribution >= 0.6 is 0 Å². The van der Waals surface area contributed by atoms with Crippen molar-refractivity contribution < 1.29 is 4.92 Å². The van der Waals surface area contributed by atoms with Crippen LogP contribution in [0.25, 0.3) is 0 Å². The lowest BCUT2D eigenvalue weighted by atomic mass is 9.84. The summed E-state index contributed by atoms with van der Waals surface area (Å²) in [6.45, 7) is 7.80. The monoisotopic (exact) mass is 237 g/mol. The Hall–Kier alpha value is -1.49. The molecule has 0 aliphatic rings. The first-order valence-corrected chi connectivity index (χ1v) is 5.57. The summed E-state index contributed by atoms with van der Waals surface area (Å²) in [5, 5.41) is 10.8. The van der Waals surface area contributed by atoms with Gasteiger partial charge in [-0.25, -0.2) is 0 Å². The van der Waals surface area contributed by atoms with Crippen LogP contribution in [0.2, 0.25) is 0 Å². The summed E-state index contributed by atoms with van der Waals surface area (Å²) in [5.41, 5.74) is 7.35. The molecule has 17 heavy (non-hydrogen) atoms. The largest absolute Gasteiger partial charge is 0.327 e. The van der Waals surface area contributed by atoms with Gasteiger partial charge in [0.05, 0.1) is 4.92 Å². The fourth-order valence-corrected chi connectivity index (χ4v) is 1.39. The number of pyridine rings is 1. The molecule has 0 aliphatic carbocycles. The van der Waals surface area contributed by atoms with Crippen LogP contribution in [-0.4, -0.2) is 15.9 Å². The van der Waals surface area contributed by atoms with Crippen LogP contribution in [0.4, 0.5) is 5.69 Å². The van der Waals surface area contributed by atoms with Gasteiger partial charge in [-0.3, -0.25) is 15.1 Å². The molecule has 1 atom stereocenters. The van der Waals surface area contributed by atoms with Gasteiger partial charge in [0.1, 0.15) is 0 Å². The van der Waals surface area contributed by atoms with Gasteiger partial charge in [0.25, 0.3) is 5.69 Å². The predicted molar refractivity (Wildman–Crippen MR) is 66.8 cm³/mol. The summed E-state index contributed by atoms with van der Waals surface area (Å²) in [6, 6.07) is 1.44. The minimum atomic E-state index is -0.386. The lowest BCUT2D eigenvalue weighted by Gasteiger charge is -2.26. The zero-order valence-corrected chi connectivity index (χ0v) is 10.7. The number of nitrogens with zero attached hydrogens (tertiary/aromatic N) is 2. The van der Waals surface area contributed by atoms with Crippen molar-refractivity contribution in [1.29, 1.82) is 0 Å². The highest BCUT2D eigenvalue weighted by molar-refractivity contribution is 5.38. The molecule has 0 saturated heterocycles. The van der Waals surface area contributed by atoms with Gasteiger partial charge in [-0.05, 0) is 12.3 Å². The predicted octanol–water partition coefficient (Wildman–Crippen LogP) is 2.21. The molecule has 0 aliphatic heterocycles. The molecule has 1 aromatic heterocycles. The maximum Gasteiger partial charge on any atom is 0.275 e. The number of hydrogen-bond donors (Lipinski definition) is 1. The van der Waals surface area contributed by atoms with Gasteiger partial charge >= 0.3 is 0 Å². The second-order valence-electron chi connectivity index (χ2n) is 5.40. The van der Waals surface area contributed by atoms with E-state index in [9.17, 15) is 10.1 Å². The summed E-state index contributed by atoms with van der Waals surface area (Å²) in [5.74, 6) is 0. The van der Waals surface area contributed by atoms with E-state index in [0.717, 1.165) is 0 Å². The highest BCUT2D eigenvalue weighted by atomic mass is 16.6. The van der Waals surface area contributed by atoms with Crippen molar-refractivity contribution in [1.82, 2.24) is 4.98 Å². The van der Waals surface area contributed by atoms with Crippen LogP contribution in [0, 0.1) is 22.5 Å². The van der Waals surface area contributed by atoms with Gasteiger partial charge < -0.3 is 5.73 Å². The van der Waals surface area contributed by atoms with Gasteiger partial charge in [-0.1, -0.05) is 20.8 Å². The number of rotatable bonds is 3. The molecule has 0 saturated carbocycles. The van der Waals surface area contributed by atoms with Crippen molar-refractivity contribution in [2.75, 3.05) is 0 Å². The van der Waals surface area contributed by atoms with E-state index in [1.54, 1.807) is 6.92 Å². The summed E-state index contributed by atoms with van der Waals surface area (Å²) >= 11 is 0. The van der Waals surface area contributed by atoms with Crippen molar-refractivity contribution in [3.8, 4) is 0 Å². The minimum absolute atomic E-state index is 0.0403. The molecule has 5 nitrogen and oxygen atoms in total. The van der Waals surface area contributed by atoms with Gasteiger partial charge in [-0.2, -0.15) is 0 Å². The van der Waals surface area contributed by atoms with E-state index in [0.29, 0.717) is 17.7 Å². The van der Waals surface area contributed by atoms with Crippen molar-refractivity contribution in [2.24, 2.45) is 11.1 Å².